The molecule has 0 aliphatic carbocycles. The number of rotatable bonds is 12. The Bertz CT molecular complexity index is 928. The molecule has 0 heterocycles. The first-order valence-electron chi connectivity index (χ1n) is 11.7. The fourth-order valence-electron chi connectivity index (χ4n) is 3.80. The van der Waals surface area contributed by atoms with Gasteiger partial charge in [0.25, 0.3) is 0 Å². The minimum absolute atomic E-state index is 0.0440. The van der Waals surface area contributed by atoms with Gasteiger partial charge in [-0.1, -0.05) is 49.7 Å². The smallest absolute Gasteiger partial charge is 0.243 e. The average molecular weight is 455 g/mol. The van der Waals surface area contributed by atoms with Crippen molar-refractivity contribution in [2.24, 2.45) is 0 Å². The number of aryl methyl sites for hydroxylation is 2. The molecule has 0 aliphatic rings. The molecule has 180 valence electrons. The molecule has 1 N–H and O–H groups in total. The fourth-order valence-corrected chi connectivity index (χ4v) is 3.80. The largest absolute Gasteiger partial charge is 0.493 e. The molecule has 6 heteroatoms. The van der Waals surface area contributed by atoms with Crippen molar-refractivity contribution in [3.8, 4) is 11.5 Å². The van der Waals surface area contributed by atoms with E-state index in [9.17, 15) is 9.59 Å². The topological polar surface area (TPSA) is 67.9 Å². The van der Waals surface area contributed by atoms with Crippen LogP contribution in [0.2, 0.25) is 0 Å². The number of carbonyl (C=O) groups excluding carboxylic acids is 2. The second-order valence-electron chi connectivity index (χ2n) is 8.44. The maximum atomic E-state index is 13.4. The standard InChI is InChI=1S/C27H38N2O4/c1-7-20(4)28-27(31)23(8-2)29(18-22-11-9-10-19(3)16-22)26(30)15-13-21-12-14-24(32-5)25(17-21)33-6/h9-12,14,16-17,20,23H,7-8,13,15,18H2,1-6H3,(H,28,31)/t20-,23-/m1/s1. The first-order valence-corrected chi connectivity index (χ1v) is 11.7. The highest BCUT2D eigenvalue weighted by molar-refractivity contribution is 5.88. The van der Waals surface area contributed by atoms with Crippen molar-refractivity contribution < 1.29 is 19.1 Å². The zero-order chi connectivity index (χ0) is 24.4. The van der Waals surface area contributed by atoms with E-state index in [2.05, 4.69) is 11.4 Å². The molecule has 0 aliphatic heterocycles. The van der Waals surface area contributed by atoms with Gasteiger partial charge in [0.05, 0.1) is 14.2 Å². The predicted octanol–water partition coefficient (Wildman–Crippen LogP) is 4.67. The number of benzene rings is 2. The number of hydrogen-bond donors (Lipinski definition) is 1. The van der Waals surface area contributed by atoms with Crippen LogP contribution >= 0.6 is 0 Å². The van der Waals surface area contributed by atoms with Gasteiger partial charge >= 0.3 is 0 Å². The van der Waals surface area contributed by atoms with E-state index in [4.69, 9.17) is 9.47 Å². The van der Waals surface area contributed by atoms with Crippen LogP contribution in [0.3, 0.4) is 0 Å². The predicted molar refractivity (Wildman–Crippen MR) is 132 cm³/mol. The zero-order valence-electron chi connectivity index (χ0n) is 20.8. The number of hydrogen-bond acceptors (Lipinski definition) is 4. The summed E-state index contributed by atoms with van der Waals surface area (Å²) in [5, 5.41) is 3.05. The third-order valence-electron chi connectivity index (χ3n) is 5.90. The molecule has 0 radical (unpaired) electrons. The molecule has 2 amide bonds. The fraction of sp³-hybridized carbons (Fsp3) is 0.481. The van der Waals surface area contributed by atoms with Gasteiger partial charge in [0, 0.05) is 19.0 Å². The number of nitrogens with one attached hydrogen (secondary N) is 1. The van der Waals surface area contributed by atoms with Gasteiger partial charge in [-0.3, -0.25) is 9.59 Å². The van der Waals surface area contributed by atoms with Crippen LogP contribution in [0.25, 0.3) is 0 Å². The van der Waals surface area contributed by atoms with Crippen molar-refractivity contribution in [2.45, 2.75) is 72.0 Å². The third-order valence-corrected chi connectivity index (χ3v) is 5.90. The highest BCUT2D eigenvalue weighted by Crippen LogP contribution is 2.28. The summed E-state index contributed by atoms with van der Waals surface area (Å²) < 4.78 is 10.7. The van der Waals surface area contributed by atoms with Crippen LogP contribution in [-0.2, 0) is 22.6 Å². The van der Waals surface area contributed by atoms with Crippen LogP contribution in [0.15, 0.2) is 42.5 Å². The Labute approximate surface area is 198 Å². The van der Waals surface area contributed by atoms with Crippen LogP contribution in [0.5, 0.6) is 11.5 Å². The summed E-state index contributed by atoms with van der Waals surface area (Å²) in [5.74, 6) is 1.15. The molecule has 0 aromatic heterocycles. The molecule has 0 spiro atoms. The van der Waals surface area contributed by atoms with Gasteiger partial charge in [0.1, 0.15) is 6.04 Å². The van der Waals surface area contributed by atoms with Crippen molar-refractivity contribution in [3.05, 3.63) is 59.2 Å². The zero-order valence-corrected chi connectivity index (χ0v) is 20.8. The second-order valence-corrected chi connectivity index (χ2v) is 8.44. The molecule has 6 nitrogen and oxygen atoms in total. The van der Waals surface area contributed by atoms with Crippen molar-refractivity contribution in [1.29, 1.82) is 0 Å². The van der Waals surface area contributed by atoms with E-state index in [0.717, 1.165) is 23.1 Å². The minimum atomic E-state index is -0.516. The molecule has 0 fully saturated rings. The molecule has 0 saturated carbocycles. The Morgan fingerprint density at radius 2 is 1.70 bits per heavy atom. The van der Waals surface area contributed by atoms with Gasteiger partial charge in [-0.25, -0.2) is 0 Å². The quantitative estimate of drug-likeness (QED) is 0.506. The Morgan fingerprint density at radius 3 is 2.30 bits per heavy atom. The summed E-state index contributed by atoms with van der Waals surface area (Å²) in [4.78, 5) is 28.2. The van der Waals surface area contributed by atoms with E-state index in [1.807, 2.05) is 64.1 Å². The van der Waals surface area contributed by atoms with Crippen molar-refractivity contribution in [1.82, 2.24) is 10.2 Å². The molecule has 2 aromatic carbocycles. The summed E-state index contributed by atoms with van der Waals surface area (Å²) in [5.41, 5.74) is 3.13. The van der Waals surface area contributed by atoms with Gasteiger partial charge in [-0.05, 0) is 56.4 Å². The maximum absolute atomic E-state index is 13.4. The number of methoxy groups -OCH3 is 2. The van der Waals surface area contributed by atoms with Gasteiger partial charge in [0.15, 0.2) is 11.5 Å². The van der Waals surface area contributed by atoms with Gasteiger partial charge in [0.2, 0.25) is 11.8 Å². The summed E-state index contributed by atoms with van der Waals surface area (Å²) in [7, 11) is 3.19. The van der Waals surface area contributed by atoms with Crippen LogP contribution < -0.4 is 14.8 Å². The Hall–Kier alpha value is -3.02. The number of nitrogens with zero attached hydrogens (tertiary/aromatic N) is 1. The molecule has 33 heavy (non-hydrogen) atoms. The molecule has 0 bridgehead atoms. The minimum Gasteiger partial charge on any atom is -0.493 e. The molecule has 2 atom stereocenters. The molecule has 2 rings (SSSR count). The van der Waals surface area contributed by atoms with E-state index in [1.54, 1.807) is 19.1 Å². The van der Waals surface area contributed by atoms with Crippen molar-refractivity contribution in [3.63, 3.8) is 0 Å². The Morgan fingerprint density at radius 1 is 0.970 bits per heavy atom. The number of carbonyl (C=O) groups is 2. The van der Waals surface area contributed by atoms with Crippen molar-refractivity contribution >= 4 is 11.8 Å². The van der Waals surface area contributed by atoms with E-state index in [1.165, 1.54) is 0 Å². The third kappa shape index (κ3) is 7.52. The van der Waals surface area contributed by atoms with Crippen LogP contribution in [-0.4, -0.2) is 43.0 Å². The number of ether oxygens (including phenoxy) is 2. The summed E-state index contributed by atoms with van der Waals surface area (Å²) in [6, 6.07) is 13.3. The molecule has 0 saturated heterocycles. The first kappa shape index (κ1) is 26.2. The lowest BCUT2D eigenvalue weighted by Gasteiger charge is -2.31. The summed E-state index contributed by atoms with van der Waals surface area (Å²) >= 11 is 0. The lowest BCUT2D eigenvalue weighted by molar-refractivity contribution is -0.141. The number of amides is 2. The average Bonchev–Trinajstić information content (AvgIpc) is 2.81. The van der Waals surface area contributed by atoms with E-state index in [-0.39, 0.29) is 17.9 Å². The summed E-state index contributed by atoms with van der Waals surface area (Å²) in [6.45, 7) is 8.39. The van der Waals surface area contributed by atoms with Crippen LogP contribution in [0.4, 0.5) is 0 Å². The van der Waals surface area contributed by atoms with Crippen molar-refractivity contribution in [2.75, 3.05) is 14.2 Å². The van der Waals surface area contributed by atoms with Gasteiger partial charge < -0.3 is 19.7 Å². The molecule has 2 aromatic rings. The molecule has 0 unspecified atom stereocenters. The lowest BCUT2D eigenvalue weighted by Crippen LogP contribution is -2.50. The summed E-state index contributed by atoms with van der Waals surface area (Å²) in [6.07, 6.45) is 2.24. The maximum Gasteiger partial charge on any atom is 0.243 e. The SMILES string of the molecule is CC[C@@H](C)NC(=O)[C@@H](CC)N(Cc1cccc(C)c1)C(=O)CCc1ccc(OC)c(OC)c1. The van der Waals surface area contributed by atoms with Crippen LogP contribution in [0.1, 0.15) is 56.7 Å². The van der Waals surface area contributed by atoms with Crippen LogP contribution in [0, 0.1) is 6.92 Å². The molecular formula is C27H38N2O4. The highest BCUT2D eigenvalue weighted by Gasteiger charge is 2.29. The van der Waals surface area contributed by atoms with E-state index >= 15 is 0 Å². The van der Waals surface area contributed by atoms with E-state index < -0.39 is 6.04 Å². The Balaban J connectivity index is 2.23. The van der Waals surface area contributed by atoms with Gasteiger partial charge in [-0.2, -0.15) is 0 Å². The first-order chi connectivity index (χ1) is 15.8. The highest BCUT2D eigenvalue weighted by atomic mass is 16.5. The normalized spacial score (nSPS) is 12.5. The van der Waals surface area contributed by atoms with Gasteiger partial charge in [-0.15, -0.1) is 0 Å². The monoisotopic (exact) mass is 454 g/mol. The second kappa shape index (κ2) is 12.9. The van der Waals surface area contributed by atoms with E-state index in [0.29, 0.717) is 37.3 Å². The molecular weight excluding hydrogens is 416 g/mol. The Kier molecular flexibility index (Phi) is 10.2. The lowest BCUT2D eigenvalue weighted by atomic mass is 10.0.